The van der Waals surface area contributed by atoms with Gasteiger partial charge in [0.2, 0.25) is 5.28 Å². The molecule has 1 aromatic heterocycles. The molecule has 0 aliphatic carbocycles. The molecule has 1 N–H and O–H groups in total. The van der Waals surface area contributed by atoms with Crippen LogP contribution in [-0.2, 0) is 6.54 Å². The zero-order valence-corrected chi connectivity index (χ0v) is 12.7. The van der Waals surface area contributed by atoms with E-state index >= 15 is 0 Å². The smallest absolute Gasteiger partial charge is 0.256 e. The Morgan fingerprint density at radius 2 is 2.19 bits per heavy atom. The fourth-order valence-corrected chi connectivity index (χ4v) is 2.61. The van der Waals surface area contributed by atoms with E-state index in [0.29, 0.717) is 35.2 Å². The number of fused-ring (bicyclic) bond motifs is 1. The Kier molecular flexibility index (Phi) is 3.69. The SMILES string of the molecule is CCN1Cc2cccc(Nc3nc(Cl)ncc3Cl)c2C1=O. The number of amides is 1. The summed E-state index contributed by atoms with van der Waals surface area (Å²) in [5, 5.41) is 3.51. The zero-order chi connectivity index (χ0) is 15.0. The number of hydrogen-bond acceptors (Lipinski definition) is 4. The first kappa shape index (κ1) is 14.1. The molecule has 2 heterocycles. The normalized spacial score (nSPS) is 13.5. The number of anilines is 2. The molecule has 0 unspecified atom stereocenters. The fraction of sp³-hybridized carbons (Fsp3) is 0.214. The third kappa shape index (κ3) is 2.54. The third-order valence-corrected chi connectivity index (χ3v) is 3.82. The van der Waals surface area contributed by atoms with Gasteiger partial charge in [0.15, 0.2) is 5.82 Å². The highest BCUT2D eigenvalue weighted by atomic mass is 35.5. The van der Waals surface area contributed by atoms with Crippen LogP contribution in [0.3, 0.4) is 0 Å². The van der Waals surface area contributed by atoms with Crippen LogP contribution in [0.2, 0.25) is 10.3 Å². The van der Waals surface area contributed by atoms with E-state index in [1.54, 1.807) is 4.90 Å². The van der Waals surface area contributed by atoms with Gasteiger partial charge in [-0.15, -0.1) is 0 Å². The number of nitrogens with one attached hydrogen (secondary N) is 1. The van der Waals surface area contributed by atoms with Crippen LogP contribution >= 0.6 is 23.2 Å². The van der Waals surface area contributed by atoms with Gasteiger partial charge in [0.25, 0.3) is 5.91 Å². The summed E-state index contributed by atoms with van der Waals surface area (Å²) < 4.78 is 0. The molecule has 0 spiro atoms. The van der Waals surface area contributed by atoms with Gasteiger partial charge in [0.05, 0.1) is 17.4 Å². The van der Waals surface area contributed by atoms with Gasteiger partial charge < -0.3 is 10.2 Å². The minimum Gasteiger partial charge on any atom is -0.338 e. The van der Waals surface area contributed by atoms with Crippen LogP contribution in [-0.4, -0.2) is 27.3 Å². The third-order valence-electron chi connectivity index (χ3n) is 3.36. The van der Waals surface area contributed by atoms with E-state index in [-0.39, 0.29) is 11.2 Å². The van der Waals surface area contributed by atoms with Crippen molar-refractivity contribution in [2.45, 2.75) is 13.5 Å². The van der Waals surface area contributed by atoms with Gasteiger partial charge in [-0.1, -0.05) is 23.7 Å². The van der Waals surface area contributed by atoms with Gasteiger partial charge in [0.1, 0.15) is 5.02 Å². The predicted molar refractivity (Wildman–Crippen MR) is 82.2 cm³/mol. The number of halogens is 2. The van der Waals surface area contributed by atoms with Gasteiger partial charge in [-0.25, -0.2) is 4.98 Å². The molecule has 108 valence electrons. The lowest BCUT2D eigenvalue weighted by Crippen LogP contribution is -2.23. The molecule has 0 saturated carbocycles. The highest BCUT2D eigenvalue weighted by molar-refractivity contribution is 6.33. The topological polar surface area (TPSA) is 58.1 Å². The number of benzene rings is 1. The van der Waals surface area contributed by atoms with Gasteiger partial charge in [-0.2, -0.15) is 4.98 Å². The van der Waals surface area contributed by atoms with Crippen molar-refractivity contribution < 1.29 is 4.79 Å². The van der Waals surface area contributed by atoms with Crippen molar-refractivity contribution in [2.75, 3.05) is 11.9 Å². The molecular formula is C14H12Cl2N4O. The van der Waals surface area contributed by atoms with E-state index in [2.05, 4.69) is 15.3 Å². The van der Waals surface area contributed by atoms with Crippen LogP contribution in [0.5, 0.6) is 0 Å². The Bertz CT molecular complexity index is 720. The molecule has 0 atom stereocenters. The maximum absolute atomic E-state index is 12.4. The number of nitrogens with zero attached hydrogens (tertiary/aromatic N) is 3. The van der Waals surface area contributed by atoms with Crippen molar-refractivity contribution in [3.05, 3.63) is 45.8 Å². The number of carbonyl (C=O) groups excluding carboxylic acids is 1. The second-order valence-electron chi connectivity index (χ2n) is 4.62. The molecule has 5 nitrogen and oxygen atoms in total. The first-order chi connectivity index (χ1) is 10.1. The molecule has 21 heavy (non-hydrogen) atoms. The molecule has 2 aromatic rings. The predicted octanol–water partition coefficient (Wildman–Crippen LogP) is 3.50. The highest BCUT2D eigenvalue weighted by Crippen LogP contribution is 2.32. The summed E-state index contributed by atoms with van der Waals surface area (Å²) in [6.45, 7) is 3.25. The summed E-state index contributed by atoms with van der Waals surface area (Å²) in [4.78, 5) is 22.0. The molecule has 0 saturated heterocycles. The molecule has 1 amide bonds. The van der Waals surface area contributed by atoms with Crippen molar-refractivity contribution in [1.29, 1.82) is 0 Å². The minimum absolute atomic E-state index is 0.00637. The lowest BCUT2D eigenvalue weighted by Gasteiger charge is -2.12. The van der Waals surface area contributed by atoms with Crippen molar-refractivity contribution in [2.24, 2.45) is 0 Å². The van der Waals surface area contributed by atoms with Crippen molar-refractivity contribution >= 4 is 40.6 Å². The lowest BCUT2D eigenvalue weighted by molar-refractivity contribution is 0.0788. The second-order valence-corrected chi connectivity index (χ2v) is 5.36. The summed E-state index contributed by atoms with van der Waals surface area (Å²) in [6, 6.07) is 5.66. The van der Waals surface area contributed by atoms with Crippen LogP contribution in [0.15, 0.2) is 24.4 Å². The van der Waals surface area contributed by atoms with E-state index in [9.17, 15) is 4.79 Å². The molecule has 3 rings (SSSR count). The van der Waals surface area contributed by atoms with Gasteiger partial charge in [0, 0.05) is 13.1 Å². The molecule has 0 radical (unpaired) electrons. The van der Waals surface area contributed by atoms with E-state index in [1.165, 1.54) is 6.20 Å². The quantitative estimate of drug-likeness (QED) is 0.878. The van der Waals surface area contributed by atoms with Gasteiger partial charge >= 0.3 is 0 Å². The Morgan fingerprint density at radius 1 is 1.38 bits per heavy atom. The number of rotatable bonds is 3. The van der Waals surface area contributed by atoms with E-state index in [1.807, 2.05) is 25.1 Å². The van der Waals surface area contributed by atoms with Crippen LogP contribution in [0.4, 0.5) is 11.5 Å². The maximum Gasteiger partial charge on any atom is 0.256 e. The number of hydrogen-bond donors (Lipinski definition) is 1. The second kappa shape index (κ2) is 5.50. The van der Waals surface area contributed by atoms with Crippen LogP contribution in [0.1, 0.15) is 22.8 Å². The molecule has 1 aromatic carbocycles. The molecule has 0 bridgehead atoms. The Hall–Kier alpha value is -1.85. The Balaban J connectivity index is 2.00. The number of carbonyl (C=O) groups is 1. The van der Waals surface area contributed by atoms with Gasteiger partial charge in [-0.3, -0.25) is 4.79 Å². The number of aromatic nitrogens is 2. The summed E-state index contributed by atoms with van der Waals surface area (Å²) in [5.74, 6) is 0.389. The van der Waals surface area contributed by atoms with E-state index in [4.69, 9.17) is 23.2 Å². The molecular weight excluding hydrogens is 311 g/mol. The highest BCUT2D eigenvalue weighted by Gasteiger charge is 2.28. The fourth-order valence-electron chi connectivity index (χ4n) is 2.34. The standard InChI is InChI=1S/C14H12Cl2N4O/c1-2-20-7-8-4-3-5-10(11(8)13(20)21)18-12-9(15)6-17-14(16)19-12/h3-6H,2,7H2,1H3,(H,17,18,19). The average Bonchev–Trinajstić information content (AvgIpc) is 2.80. The summed E-state index contributed by atoms with van der Waals surface area (Å²) in [5.41, 5.74) is 2.32. The molecule has 7 heteroatoms. The van der Waals surface area contributed by atoms with Gasteiger partial charge in [-0.05, 0) is 30.2 Å². The summed E-state index contributed by atoms with van der Waals surface area (Å²) in [6.07, 6.45) is 1.42. The monoisotopic (exact) mass is 322 g/mol. The van der Waals surface area contributed by atoms with Crippen molar-refractivity contribution in [3.63, 3.8) is 0 Å². The molecule has 0 fully saturated rings. The first-order valence-electron chi connectivity index (χ1n) is 6.46. The van der Waals surface area contributed by atoms with Crippen LogP contribution in [0.25, 0.3) is 0 Å². The van der Waals surface area contributed by atoms with E-state index in [0.717, 1.165) is 5.56 Å². The average molecular weight is 323 g/mol. The largest absolute Gasteiger partial charge is 0.338 e. The maximum atomic E-state index is 12.4. The van der Waals surface area contributed by atoms with Crippen LogP contribution in [0, 0.1) is 0 Å². The Morgan fingerprint density at radius 3 is 2.95 bits per heavy atom. The van der Waals surface area contributed by atoms with Crippen molar-refractivity contribution in [3.8, 4) is 0 Å². The Labute approximate surface area is 131 Å². The first-order valence-corrected chi connectivity index (χ1v) is 7.22. The lowest BCUT2D eigenvalue weighted by atomic mass is 10.1. The zero-order valence-electron chi connectivity index (χ0n) is 11.2. The minimum atomic E-state index is 0.00637. The van der Waals surface area contributed by atoms with E-state index < -0.39 is 0 Å². The van der Waals surface area contributed by atoms with Crippen molar-refractivity contribution in [1.82, 2.24) is 14.9 Å². The molecule has 1 aliphatic heterocycles. The molecule has 1 aliphatic rings. The van der Waals surface area contributed by atoms with Crippen LogP contribution < -0.4 is 5.32 Å². The summed E-state index contributed by atoms with van der Waals surface area (Å²) >= 11 is 11.8. The summed E-state index contributed by atoms with van der Waals surface area (Å²) in [7, 11) is 0.